The summed E-state index contributed by atoms with van der Waals surface area (Å²) < 4.78 is 105. The average Bonchev–Trinajstić information content (AvgIpc) is 2.90. The van der Waals surface area contributed by atoms with Crippen molar-refractivity contribution < 1.29 is 44.7 Å². The molecule has 0 unspecified atom stereocenters. The first kappa shape index (κ1) is 30.7. The molecule has 14 heteroatoms. The van der Waals surface area contributed by atoms with Crippen molar-refractivity contribution in [3.8, 4) is 11.8 Å². The van der Waals surface area contributed by atoms with Crippen molar-refractivity contribution in [3.05, 3.63) is 101 Å². The summed E-state index contributed by atoms with van der Waals surface area (Å²) >= 11 is 0. The fourth-order valence-corrected chi connectivity index (χ4v) is 3.40. The van der Waals surface area contributed by atoms with Gasteiger partial charge in [-0.2, -0.15) is 26.3 Å². The SMILES string of the molecule is O=C(/C=C/F)NCc1cncc(C#CCN(C(=O)Cc2ncc(C(F)(F)F)cc2C(F)(F)F)c2ccc(F)cc2)c1. The van der Waals surface area contributed by atoms with Crippen molar-refractivity contribution in [1.82, 2.24) is 15.3 Å². The molecule has 0 radical (unpaired) electrons. The molecule has 0 aliphatic rings. The molecule has 0 saturated carbocycles. The molecule has 6 nitrogen and oxygen atoms in total. The quantitative estimate of drug-likeness (QED) is 0.231. The summed E-state index contributed by atoms with van der Waals surface area (Å²) in [6, 6.07) is 5.77. The zero-order valence-corrected chi connectivity index (χ0v) is 20.7. The van der Waals surface area contributed by atoms with Gasteiger partial charge in [-0.05, 0) is 42.0 Å². The Morgan fingerprint density at radius 3 is 2.32 bits per heavy atom. The van der Waals surface area contributed by atoms with Gasteiger partial charge in [-0.15, -0.1) is 0 Å². The highest BCUT2D eigenvalue weighted by molar-refractivity contribution is 5.95. The lowest BCUT2D eigenvalue weighted by molar-refractivity contribution is -0.144. The van der Waals surface area contributed by atoms with Crippen molar-refractivity contribution in [1.29, 1.82) is 0 Å². The molecular weight excluding hydrogens is 564 g/mol. The molecule has 1 N–H and O–H groups in total. The smallest absolute Gasteiger partial charge is 0.348 e. The number of amides is 2. The van der Waals surface area contributed by atoms with E-state index in [4.69, 9.17) is 0 Å². The summed E-state index contributed by atoms with van der Waals surface area (Å²) in [4.78, 5) is 32.6. The minimum Gasteiger partial charge on any atom is -0.348 e. The molecular formula is C27H18F8N4O2. The van der Waals surface area contributed by atoms with Crippen molar-refractivity contribution in [3.63, 3.8) is 0 Å². The number of aromatic nitrogens is 2. The van der Waals surface area contributed by atoms with E-state index in [1.165, 1.54) is 30.6 Å². The Morgan fingerprint density at radius 2 is 1.68 bits per heavy atom. The Balaban J connectivity index is 1.87. The molecule has 2 heterocycles. The number of hydrogen-bond donors (Lipinski definition) is 1. The third-order valence-corrected chi connectivity index (χ3v) is 5.31. The minimum absolute atomic E-state index is 0.00640. The topological polar surface area (TPSA) is 75.2 Å². The predicted molar refractivity (Wildman–Crippen MR) is 130 cm³/mol. The van der Waals surface area contributed by atoms with Gasteiger partial charge >= 0.3 is 12.4 Å². The van der Waals surface area contributed by atoms with Gasteiger partial charge in [0.15, 0.2) is 0 Å². The summed E-state index contributed by atoms with van der Waals surface area (Å²) in [6.07, 6.45) is -7.64. The van der Waals surface area contributed by atoms with Gasteiger partial charge in [-0.25, -0.2) is 8.78 Å². The number of hydrogen-bond acceptors (Lipinski definition) is 4. The fourth-order valence-electron chi connectivity index (χ4n) is 3.40. The third-order valence-electron chi connectivity index (χ3n) is 5.31. The number of nitrogens with one attached hydrogen (secondary N) is 1. The van der Waals surface area contributed by atoms with Gasteiger partial charge in [0.2, 0.25) is 11.8 Å². The van der Waals surface area contributed by atoms with E-state index in [1.807, 2.05) is 0 Å². The van der Waals surface area contributed by atoms with Crippen LogP contribution in [0.1, 0.15) is 27.9 Å². The first-order chi connectivity index (χ1) is 19.3. The first-order valence-corrected chi connectivity index (χ1v) is 11.4. The normalized spacial score (nSPS) is 11.6. The van der Waals surface area contributed by atoms with Crippen molar-refractivity contribution in [2.75, 3.05) is 11.4 Å². The van der Waals surface area contributed by atoms with Crippen LogP contribution in [-0.2, 0) is 34.9 Å². The fraction of sp³-hybridized carbons (Fsp3) is 0.185. The monoisotopic (exact) mass is 582 g/mol. The molecule has 2 aromatic heterocycles. The number of carbonyl (C=O) groups excluding carboxylic acids is 2. The molecule has 41 heavy (non-hydrogen) atoms. The number of rotatable bonds is 7. The molecule has 2 amide bonds. The predicted octanol–water partition coefficient (Wildman–Crippen LogP) is 5.38. The van der Waals surface area contributed by atoms with E-state index in [1.54, 1.807) is 0 Å². The van der Waals surface area contributed by atoms with Crippen LogP contribution in [0.3, 0.4) is 0 Å². The molecule has 3 aromatic rings. The Hall–Kier alpha value is -4.80. The van der Waals surface area contributed by atoms with Crippen LogP contribution in [0.4, 0.5) is 40.8 Å². The second-order valence-corrected chi connectivity index (χ2v) is 8.24. The van der Waals surface area contributed by atoms with Crippen molar-refractivity contribution >= 4 is 17.5 Å². The number of carbonyl (C=O) groups is 2. The maximum atomic E-state index is 13.6. The number of alkyl halides is 6. The van der Waals surface area contributed by atoms with Gasteiger partial charge < -0.3 is 10.2 Å². The average molecular weight is 582 g/mol. The molecule has 0 saturated heterocycles. The standard InChI is InChI=1S/C27H18F8N4O2/c28-8-7-24(40)38-15-18-10-17(13-36-14-18)2-1-9-39(21-5-3-20(29)4-6-21)25(41)12-23-22(27(33,34)35)11-19(16-37-23)26(30,31)32/h3-8,10-11,13-14,16H,9,12,15H2,(H,38,40)/b8-7+. The summed E-state index contributed by atoms with van der Waals surface area (Å²) in [6.45, 7) is -0.414. The van der Waals surface area contributed by atoms with Crippen LogP contribution in [0, 0.1) is 17.7 Å². The van der Waals surface area contributed by atoms with Crippen LogP contribution in [0.25, 0.3) is 0 Å². The maximum Gasteiger partial charge on any atom is 0.418 e. The van der Waals surface area contributed by atoms with Gasteiger partial charge in [0.05, 0.1) is 36.1 Å². The second kappa shape index (κ2) is 13.0. The van der Waals surface area contributed by atoms with Crippen LogP contribution < -0.4 is 10.2 Å². The van der Waals surface area contributed by atoms with Crippen molar-refractivity contribution in [2.24, 2.45) is 0 Å². The van der Waals surface area contributed by atoms with Gasteiger partial charge in [-0.1, -0.05) is 11.8 Å². The number of benzene rings is 1. The highest BCUT2D eigenvalue weighted by Crippen LogP contribution is 2.36. The lowest BCUT2D eigenvalue weighted by Gasteiger charge is -2.21. The lowest BCUT2D eigenvalue weighted by Crippen LogP contribution is -2.33. The molecule has 0 atom stereocenters. The van der Waals surface area contributed by atoms with E-state index >= 15 is 0 Å². The Morgan fingerprint density at radius 1 is 0.976 bits per heavy atom. The Bertz CT molecular complexity index is 1490. The number of nitrogens with zero attached hydrogens (tertiary/aromatic N) is 3. The van der Waals surface area contributed by atoms with E-state index in [0.29, 0.717) is 17.2 Å². The first-order valence-electron chi connectivity index (χ1n) is 11.4. The highest BCUT2D eigenvalue weighted by Gasteiger charge is 2.39. The number of pyridine rings is 2. The van der Waals surface area contributed by atoms with E-state index < -0.39 is 59.8 Å². The lowest BCUT2D eigenvalue weighted by atomic mass is 10.1. The number of halogens is 8. The van der Waals surface area contributed by atoms with Crippen LogP contribution in [0.2, 0.25) is 0 Å². The van der Waals surface area contributed by atoms with Crippen LogP contribution in [0.5, 0.6) is 0 Å². The Labute approximate surface area is 227 Å². The van der Waals surface area contributed by atoms with Crippen molar-refractivity contribution in [2.45, 2.75) is 25.3 Å². The summed E-state index contributed by atoms with van der Waals surface area (Å²) in [5.41, 5.74) is -3.40. The van der Waals surface area contributed by atoms with Crippen LogP contribution in [0.15, 0.2) is 67.4 Å². The molecule has 1 aromatic carbocycles. The van der Waals surface area contributed by atoms with Gasteiger partial charge in [-0.3, -0.25) is 19.6 Å². The van der Waals surface area contributed by atoms with Crippen LogP contribution in [-0.4, -0.2) is 28.3 Å². The molecule has 0 spiro atoms. The zero-order valence-electron chi connectivity index (χ0n) is 20.7. The molecule has 214 valence electrons. The molecule has 0 fully saturated rings. The molecule has 0 bridgehead atoms. The third kappa shape index (κ3) is 8.85. The summed E-state index contributed by atoms with van der Waals surface area (Å²) in [7, 11) is 0. The molecule has 0 aliphatic heterocycles. The molecule has 0 aliphatic carbocycles. The second-order valence-electron chi connectivity index (χ2n) is 8.24. The Kier molecular flexibility index (Phi) is 9.77. The van der Waals surface area contributed by atoms with E-state index in [9.17, 15) is 44.7 Å². The zero-order chi connectivity index (χ0) is 30.2. The molecule has 3 rings (SSSR count). The largest absolute Gasteiger partial charge is 0.418 e. The van der Waals surface area contributed by atoms with E-state index in [2.05, 4.69) is 27.1 Å². The van der Waals surface area contributed by atoms with E-state index in [0.717, 1.165) is 17.0 Å². The highest BCUT2D eigenvalue weighted by atomic mass is 19.4. The minimum atomic E-state index is -5.23. The van der Waals surface area contributed by atoms with Gasteiger partial charge in [0.1, 0.15) is 5.82 Å². The van der Waals surface area contributed by atoms with Gasteiger partial charge in [0.25, 0.3) is 0 Å². The van der Waals surface area contributed by atoms with Gasteiger partial charge in [0, 0.05) is 42.5 Å². The van der Waals surface area contributed by atoms with Crippen LogP contribution >= 0.6 is 0 Å². The summed E-state index contributed by atoms with van der Waals surface area (Å²) in [5.74, 6) is 3.00. The number of anilines is 1. The summed E-state index contributed by atoms with van der Waals surface area (Å²) in [5, 5.41) is 2.41. The maximum absolute atomic E-state index is 13.6. The van der Waals surface area contributed by atoms with E-state index in [-0.39, 0.29) is 30.8 Å².